The summed E-state index contributed by atoms with van der Waals surface area (Å²) in [5.41, 5.74) is 0. The fourth-order valence-electron chi connectivity index (χ4n) is 6.00. The molecule has 0 aromatic carbocycles. The number of hydrogen-bond donors (Lipinski definition) is 0. The largest absolute Gasteiger partial charge is 0.378 e. The van der Waals surface area contributed by atoms with Gasteiger partial charge >= 0.3 is 0 Å². The van der Waals surface area contributed by atoms with Crippen molar-refractivity contribution in [2.24, 2.45) is 0 Å². The smallest absolute Gasteiger partial charge is 0.0575 e. The minimum absolute atomic E-state index is 0.492. The summed E-state index contributed by atoms with van der Waals surface area (Å²) in [7, 11) is 4.33. The molecule has 43 heavy (non-hydrogen) atoms. The maximum Gasteiger partial charge on any atom is 0.0575 e. The molecule has 0 aliphatic heterocycles. The van der Waals surface area contributed by atoms with Crippen molar-refractivity contribution >= 4 is 0 Å². The Morgan fingerprint density at radius 2 is 0.744 bits per heavy atom. The Morgan fingerprint density at radius 3 is 1.09 bits per heavy atom. The van der Waals surface area contributed by atoms with Crippen LogP contribution >= 0.6 is 0 Å². The Balaban J connectivity index is 3.77. The highest BCUT2D eigenvalue weighted by molar-refractivity contribution is 4.82. The van der Waals surface area contributed by atoms with E-state index in [2.05, 4.69) is 57.1 Å². The number of unbranched alkanes of at least 4 members (excludes halogenated alkanes) is 23. The van der Waals surface area contributed by atoms with Gasteiger partial charge in [0.1, 0.15) is 0 Å². The van der Waals surface area contributed by atoms with Crippen molar-refractivity contribution in [1.82, 2.24) is 4.90 Å². The SMILES string of the molecule is CCCCCCCC=CCCCCCCCCC(CCCCCCCCC=CCCCCCCCC)OCCCN(C)C. The molecule has 0 aliphatic rings. The summed E-state index contributed by atoms with van der Waals surface area (Å²) in [5.74, 6) is 0. The molecule has 2 heteroatoms. The van der Waals surface area contributed by atoms with Crippen molar-refractivity contribution in [1.29, 1.82) is 0 Å². The minimum Gasteiger partial charge on any atom is -0.378 e. The third kappa shape index (κ3) is 37.5. The predicted molar refractivity (Wildman–Crippen MR) is 196 cm³/mol. The molecular weight excluding hydrogens is 522 g/mol. The minimum atomic E-state index is 0.492. The van der Waals surface area contributed by atoms with Gasteiger partial charge in [-0.2, -0.15) is 0 Å². The van der Waals surface area contributed by atoms with E-state index in [0.717, 1.165) is 19.6 Å². The molecule has 0 aromatic rings. The van der Waals surface area contributed by atoms with Crippen LogP contribution in [0.15, 0.2) is 24.3 Å². The van der Waals surface area contributed by atoms with E-state index >= 15 is 0 Å². The third-order valence-electron chi connectivity index (χ3n) is 8.93. The second-order valence-corrected chi connectivity index (χ2v) is 13.7. The second-order valence-electron chi connectivity index (χ2n) is 13.7. The van der Waals surface area contributed by atoms with E-state index in [1.807, 2.05) is 0 Å². The van der Waals surface area contributed by atoms with E-state index in [-0.39, 0.29) is 0 Å². The zero-order valence-electron chi connectivity index (χ0n) is 30.4. The van der Waals surface area contributed by atoms with Gasteiger partial charge in [0.15, 0.2) is 0 Å². The number of nitrogens with zero attached hydrogens (tertiary/aromatic N) is 1. The number of allylic oxidation sites excluding steroid dienone is 4. The van der Waals surface area contributed by atoms with E-state index in [1.165, 1.54) is 186 Å². The van der Waals surface area contributed by atoms with Crippen LogP contribution in [0.4, 0.5) is 0 Å². The first-order valence-corrected chi connectivity index (χ1v) is 19.8. The summed E-state index contributed by atoms with van der Waals surface area (Å²) < 4.78 is 6.39. The molecule has 0 spiro atoms. The highest BCUT2D eigenvalue weighted by Gasteiger charge is 2.09. The summed E-state index contributed by atoms with van der Waals surface area (Å²) in [6.07, 6.45) is 51.2. The van der Waals surface area contributed by atoms with Crippen molar-refractivity contribution in [2.45, 2.75) is 213 Å². The zero-order chi connectivity index (χ0) is 31.3. The summed E-state index contributed by atoms with van der Waals surface area (Å²) in [6.45, 7) is 6.65. The molecule has 0 saturated carbocycles. The molecule has 0 N–H and O–H groups in total. The second kappa shape index (κ2) is 37.6. The monoisotopic (exact) mass is 604 g/mol. The fraction of sp³-hybridized carbons (Fsp3) is 0.902. The topological polar surface area (TPSA) is 12.5 Å². The van der Waals surface area contributed by atoms with Gasteiger partial charge < -0.3 is 9.64 Å². The molecule has 0 fully saturated rings. The van der Waals surface area contributed by atoms with E-state index in [9.17, 15) is 0 Å². The van der Waals surface area contributed by atoms with Gasteiger partial charge in [0.25, 0.3) is 0 Å². The summed E-state index contributed by atoms with van der Waals surface area (Å²) in [6, 6.07) is 0. The molecule has 0 heterocycles. The molecule has 0 aliphatic carbocycles. The fourth-order valence-corrected chi connectivity index (χ4v) is 6.00. The molecule has 1 atom stereocenters. The van der Waals surface area contributed by atoms with Gasteiger partial charge in [0.2, 0.25) is 0 Å². The lowest BCUT2D eigenvalue weighted by atomic mass is 10.0. The lowest BCUT2D eigenvalue weighted by Crippen LogP contribution is -2.18. The van der Waals surface area contributed by atoms with Gasteiger partial charge in [-0.25, -0.2) is 0 Å². The molecule has 0 amide bonds. The van der Waals surface area contributed by atoms with Gasteiger partial charge in [-0.05, 0) is 91.3 Å². The summed E-state index contributed by atoms with van der Waals surface area (Å²) in [4.78, 5) is 2.27. The predicted octanol–water partition coefficient (Wildman–Crippen LogP) is 13.8. The summed E-state index contributed by atoms with van der Waals surface area (Å²) >= 11 is 0. The van der Waals surface area contributed by atoms with Gasteiger partial charge in [0.05, 0.1) is 6.10 Å². The number of ether oxygens (including phenoxy) is 1. The van der Waals surface area contributed by atoms with Gasteiger partial charge in [-0.3, -0.25) is 0 Å². The van der Waals surface area contributed by atoms with E-state index in [0.29, 0.717) is 6.10 Å². The molecular formula is C41H81NO. The van der Waals surface area contributed by atoms with Crippen LogP contribution in [0.5, 0.6) is 0 Å². The molecule has 256 valence electrons. The Labute approximate surface area is 273 Å². The van der Waals surface area contributed by atoms with Crippen LogP contribution in [0, 0.1) is 0 Å². The standard InChI is InChI=1S/C41H81NO/c1-5-7-9-11-13-15-17-19-21-23-25-27-29-31-33-35-38-41(43-40-36-39-42(3)4)37-34-32-30-28-26-24-22-20-18-16-14-12-10-8-6-2/h18-21,41H,5-17,22-40H2,1-4H3. The lowest BCUT2D eigenvalue weighted by molar-refractivity contribution is 0.0342. The van der Waals surface area contributed by atoms with Crippen LogP contribution in [0.25, 0.3) is 0 Å². The maximum absolute atomic E-state index is 6.39. The molecule has 0 saturated heterocycles. The molecule has 0 aromatic heterocycles. The van der Waals surface area contributed by atoms with Gasteiger partial charge in [0, 0.05) is 6.61 Å². The molecule has 0 bridgehead atoms. The highest BCUT2D eigenvalue weighted by atomic mass is 16.5. The van der Waals surface area contributed by atoms with Crippen LogP contribution < -0.4 is 0 Å². The average molecular weight is 604 g/mol. The Hall–Kier alpha value is -0.600. The average Bonchev–Trinajstić information content (AvgIpc) is 3.00. The van der Waals surface area contributed by atoms with Crippen molar-refractivity contribution in [3.8, 4) is 0 Å². The first-order valence-electron chi connectivity index (χ1n) is 19.8. The van der Waals surface area contributed by atoms with Crippen LogP contribution in [0.2, 0.25) is 0 Å². The van der Waals surface area contributed by atoms with Gasteiger partial charge in [-0.15, -0.1) is 0 Å². The molecule has 0 radical (unpaired) electrons. The van der Waals surface area contributed by atoms with E-state index < -0.39 is 0 Å². The number of rotatable bonds is 36. The Kier molecular flexibility index (Phi) is 37.1. The molecule has 0 rings (SSSR count). The van der Waals surface area contributed by atoms with Crippen LogP contribution in [-0.2, 0) is 4.74 Å². The highest BCUT2D eigenvalue weighted by Crippen LogP contribution is 2.18. The van der Waals surface area contributed by atoms with Crippen molar-refractivity contribution in [3.63, 3.8) is 0 Å². The Morgan fingerprint density at radius 1 is 0.419 bits per heavy atom. The normalized spacial score (nSPS) is 12.9. The van der Waals surface area contributed by atoms with Crippen molar-refractivity contribution in [3.05, 3.63) is 24.3 Å². The zero-order valence-corrected chi connectivity index (χ0v) is 30.4. The van der Waals surface area contributed by atoms with Gasteiger partial charge in [-0.1, -0.05) is 160 Å². The quantitative estimate of drug-likeness (QED) is 0.0521. The Bertz CT molecular complexity index is 554. The maximum atomic E-state index is 6.39. The van der Waals surface area contributed by atoms with E-state index in [1.54, 1.807) is 0 Å². The van der Waals surface area contributed by atoms with Crippen LogP contribution in [-0.4, -0.2) is 38.3 Å². The summed E-state index contributed by atoms with van der Waals surface area (Å²) in [5, 5.41) is 0. The number of hydrogen-bond acceptors (Lipinski definition) is 2. The van der Waals surface area contributed by atoms with E-state index in [4.69, 9.17) is 4.74 Å². The third-order valence-corrected chi connectivity index (χ3v) is 8.93. The molecule has 2 nitrogen and oxygen atoms in total. The first-order chi connectivity index (χ1) is 21.2. The van der Waals surface area contributed by atoms with Crippen LogP contribution in [0.1, 0.15) is 206 Å². The first kappa shape index (κ1) is 42.4. The lowest BCUT2D eigenvalue weighted by Gasteiger charge is -2.19. The van der Waals surface area contributed by atoms with Crippen molar-refractivity contribution in [2.75, 3.05) is 27.2 Å². The molecule has 1 unspecified atom stereocenters. The van der Waals surface area contributed by atoms with Crippen LogP contribution in [0.3, 0.4) is 0 Å². The van der Waals surface area contributed by atoms with Crippen molar-refractivity contribution < 1.29 is 4.74 Å².